The molecule has 0 unspecified atom stereocenters. The van der Waals surface area contributed by atoms with E-state index in [9.17, 15) is 23.7 Å². The van der Waals surface area contributed by atoms with Crippen LogP contribution in [0.3, 0.4) is 0 Å². The molecule has 3 N–H and O–H groups in total. The molecule has 1 saturated heterocycles. The molecular formula is C24H33NO7S. The Balaban J connectivity index is 1.77. The molecule has 33 heavy (non-hydrogen) atoms. The summed E-state index contributed by atoms with van der Waals surface area (Å²) in [5.41, 5.74) is 2.60. The molecule has 3 rings (SSSR count). The van der Waals surface area contributed by atoms with Crippen molar-refractivity contribution < 1.29 is 33.2 Å². The Morgan fingerprint density at radius 1 is 1.06 bits per heavy atom. The number of aliphatic hydroxyl groups is 3. The van der Waals surface area contributed by atoms with E-state index < -0.39 is 34.4 Å². The summed E-state index contributed by atoms with van der Waals surface area (Å²) in [5.74, 6) is 0.520. The fourth-order valence-electron chi connectivity index (χ4n) is 3.77. The third-order valence-corrected chi connectivity index (χ3v) is 7.38. The fraction of sp³-hybridized carbons (Fsp3) is 0.500. The number of rotatable bonds is 8. The molecule has 0 spiro atoms. The summed E-state index contributed by atoms with van der Waals surface area (Å²) in [4.78, 5) is 0.142. The zero-order chi connectivity index (χ0) is 24.3. The minimum atomic E-state index is -3.81. The van der Waals surface area contributed by atoms with Gasteiger partial charge in [-0.25, -0.2) is 8.42 Å². The molecule has 0 aromatic heterocycles. The van der Waals surface area contributed by atoms with Crippen LogP contribution in [0.4, 0.5) is 5.69 Å². The number of hydrogen-bond donors (Lipinski definition) is 3. The molecule has 4 atom stereocenters. The molecule has 1 aliphatic rings. The number of benzene rings is 2. The zero-order valence-electron chi connectivity index (χ0n) is 19.4. The number of anilines is 1. The topological polar surface area (TPSA) is 117 Å². The van der Waals surface area contributed by atoms with Crippen LogP contribution in [0.25, 0.3) is 0 Å². The molecule has 182 valence electrons. The van der Waals surface area contributed by atoms with Crippen LogP contribution in [-0.2, 0) is 14.8 Å². The van der Waals surface area contributed by atoms with Crippen molar-refractivity contribution in [1.82, 2.24) is 0 Å². The van der Waals surface area contributed by atoms with Gasteiger partial charge in [0, 0.05) is 6.54 Å². The number of nitrogens with zero attached hydrogens (tertiary/aromatic N) is 1. The fourth-order valence-corrected chi connectivity index (χ4v) is 5.46. The normalized spacial score (nSPS) is 23.5. The monoisotopic (exact) mass is 479 g/mol. The Morgan fingerprint density at radius 2 is 1.73 bits per heavy atom. The average molecular weight is 480 g/mol. The van der Waals surface area contributed by atoms with Crippen molar-refractivity contribution in [3.63, 3.8) is 0 Å². The van der Waals surface area contributed by atoms with Gasteiger partial charge in [0.05, 0.1) is 17.2 Å². The lowest BCUT2D eigenvalue weighted by Gasteiger charge is -2.35. The summed E-state index contributed by atoms with van der Waals surface area (Å²) < 4.78 is 39.4. The molecule has 0 saturated carbocycles. The van der Waals surface area contributed by atoms with Crippen molar-refractivity contribution in [3.8, 4) is 5.75 Å². The highest BCUT2D eigenvalue weighted by Crippen LogP contribution is 2.29. The van der Waals surface area contributed by atoms with Crippen LogP contribution in [0.15, 0.2) is 47.4 Å². The van der Waals surface area contributed by atoms with Gasteiger partial charge in [-0.2, -0.15) is 0 Å². The maximum Gasteiger partial charge on any atom is 0.264 e. The highest BCUT2D eigenvalue weighted by atomic mass is 32.2. The van der Waals surface area contributed by atoms with Gasteiger partial charge in [0.15, 0.2) is 0 Å². The first-order valence-corrected chi connectivity index (χ1v) is 12.4. The average Bonchev–Trinajstić information content (AvgIpc) is 2.76. The summed E-state index contributed by atoms with van der Waals surface area (Å²) in [6.45, 7) is 8.00. The number of sulfonamides is 1. The smallest absolute Gasteiger partial charge is 0.264 e. The molecule has 9 heteroatoms. The first-order chi connectivity index (χ1) is 15.5. The van der Waals surface area contributed by atoms with Gasteiger partial charge in [-0.3, -0.25) is 4.31 Å². The molecular weight excluding hydrogens is 446 g/mol. The summed E-state index contributed by atoms with van der Waals surface area (Å²) in [6.07, 6.45) is -4.54. The summed E-state index contributed by atoms with van der Waals surface area (Å²) in [7, 11) is -3.81. The van der Waals surface area contributed by atoms with E-state index in [1.54, 1.807) is 12.1 Å². The second kappa shape index (κ2) is 10.4. The maximum atomic E-state index is 13.5. The highest BCUT2D eigenvalue weighted by molar-refractivity contribution is 7.92. The Hall–Kier alpha value is -2.17. The molecule has 1 heterocycles. The maximum absolute atomic E-state index is 13.5. The van der Waals surface area contributed by atoms with E-state index in [1.807, 2.05) is 45.9 Å². The van der Waals surface area contributed by atoms with Crippen LogP contribution >= 0.6 is 0 Å². The quantitative estimate of drug-likeness (QED) is 0.530. The molecule has 0 radical (unpaired) electrons. The van der Waals surface area contributed by atoms with Gasteiger partial charge in [0.1, 0.15) is 36.8 Å². The predicted octanol–water partition coefficient (Wildman–Crippen LogP) is 2.02. The molecule has 8 nitrogen and oxygen atoms in total. The second-order valence-electron chi connectivity index (χ2n) is 8.92. The third-order valence-electron chi connectivity index (χ3n) is 5.58. The SMILES string of the molecule is Cc1ccc(N(CC(C)C)S(=O)(=O)c2ccc(OC[C@H]3OC[C@H](O)[C@@H](O)[C@@H]3O)cc2)c(C)c1. The first-order valence-electron chi connectivity index (χ1n) is 11.0. The van der Waals surface area contributed by atoms with Crippen molar-refractivity contribution in [3.05, 3.63) is 53.6 Å². The lowest BCUT2D eigenvalue weighted by Crippen LogP contribution is -2.54. The van der Waals surface area contributed by atoms with Crippen molar-refractivity contribution in [2.75, 3.05) is 24.1 Å². The Bertz CT molecular complexity index is 1040. The van der Waals surface area contributed by atoms with E-state index in [1.165, 1.54) is 16.4 Å². The number of ether oxygens (including phenoxy) is 2. The number of aryl methyl sites for hydroxylation is 2. The minimum Gasteiger partial charge on any atom is -0.491 e. The standard InChI is InChI=1S/C24H33NO7S/c1-15(2)12-25(20-10-5-16(3)11-17(20)4)33(29,30)19-8-6-18(7-9-19)31-14-22-24(28)23(27)21(26)13-32-22/h5-11,15,21-24,26-28H,12-14H2,1-4H3/t21-,22+,23+,24+/m0/s1. The Kier molecular flexibility index (Phi) is 8.02. The lowest BCUT2D eigenvalue weighted by atomic mass is 10.0. The molecule has 2 aromatic carbocycles. The third kappa shape index (κ3) is 5.85. The van der Waals surface area contributed by atoms with Crippen molar-refractivity contribution in [2.24, 2.45) is 5.92 Å². The lowest BCUT2D eigenvalue weighted by molar-refractivity contribution is -0.193. The minimum absolute atomic E-state index is 0.0565. The second-order valence-corrected chi connectivity index (χ2v) is 10.8. The number of hydrogen-bond acceptors (Lipinski definition) is 7. The van der Waals surface area contributed by atoms with Crippen LogP contribution in [-0.4, -0.2) is 67.9 Å². The molecule has 0 aliphatic carbocycles. The van der Waals surface area contributed by atoms with E-state index >= 15 is 0 Å². The van der Waals surface area contributed by atoms with Crippen LogP contribution in [0.1, 0.15) is 25.0 Å². The molecule has 1 aliphatic heterocycles. The van der Waals surface area contributed by atoms with Gasteiger partial charge >= 0.3 is 0 Å². The largest absolute Gasteiger partial charge is 0.491 e. The van der Waals surface area contributed by atoms with Crippen molar-refractivity contribution in [2.45, 2.75) is 57.0 Å². The van der Waals surface area contributed by atoms with E-state index in [4.69, 9.17) is 9.47 Å². The van der Waals surface area contributed by atoms with Crippen molar-refractivity contribution >= 4 is 15.7 Å². The van der Waals surface area contributed by atoms with Crippen LogP contribution in [0, 0.1) is 19.8 Å². The highest BCUT2D eigenvalue weighted by Gasteiger charge is 2.37. The van der Waals surface area contributed by atoms with Gasteiger partial charge in [0.2, 0.25) is 0 Å². The Morgan fingerprint density at radius 3 is 2.33 bits per heavy atom. The van der Waals surface area contributed by atoms with Gasteiger partial charge in [-0.05, 0) is 55.7 Å². The van der Waals surface area contributed by atoms with Gasteiger partial charge < -0.3 is 24.8 Å². The molecule has 0 bridgehead atoms. The van der Waals surface area contributed by atoms with Gasteiger partial charge in [-0.1, -0.05) is 31.5 Å². The predicted molar refractivity (Wildman–Crippen MR) is 125 cm³/mol. The van der Waals surface area contributed by atoms with Crippen LogP contribution in [0.2, 0.25) is 0 Å². The molecule has 1 fully saturated rings. The van der Waals surface area contributed by atoms with E-state index in [0.29, 0.717) is 18.0 Å². The molecule has 2 aromatic rings. The van der Waals surface area contributed by atoms with E-state index in [0.717, 1.165) is 11.1 Å². The summed E-state index contributed by atoms with van der Waals surface area (Å²) in [6, 6.07) is 11.8. The van der Waals surface area contributed by atoms with Gasteiger partial charge in [0.25, 0.3) is 10.0 Å². The summed E-state index contributed by atoms with van der Waals surface area (Å²) in [5, 5.41) is 29.3. The van der Waals surface area contributed by atoms with E-state index in [2.05, 4.69) is 0 Å². The van der Waals surface area contributed by atoms with Crippen LogP contribution < -0.4 is 9.04 Å². The summed E-state index contributed by atoms with van der Waals surface area (Å²) >= 11 is 0. The van der Waals surface area contributed by atoms with Gasteiger partial charge in [-0.15, -0.1) is 0 Å². The number of aliphatic hydroxyl groups excluding tert-OH is 3. The first kappa shape index (κ1) is 25.5. The Labute approximate surface area is 195 Å². The molecule has 0 amide bonds. The van der Waals surface area contributed by atoms with E-state index in [-0.39, 0.29) is 24.0 Å². The van der Waals surface area contributed by atoms with Crippen LogP contribution in [0.5, 0.6) is 5.75 Å². The van der Waals surface area contributed by atoms with Crippen molar-refractivity contribution in [1.29, 1.82) is 0 Å². The zero-order valence-corrected chi connectivity index (χ0v) is 20.2.